The van der Waals surface area contributed by atoms with Crippen molar-refractivity contribution in [2.24, 2.45) is 0 Å². The zero-order chi connectivity index (χ0) is 16.2. The molecule has 1 unspecified atom stereocenters. The summed E-state index contributed by atoms with van der Waals surface area (Å²) in [5.41, 5.74) is -0.388. The van der Waals surface area contributed by atoms with Gasteiger partial charge in [-0.2, -0.15) is 0 Å². The van der Waals surface area contributed by atoms with Crippen LogP contribution in [0.2, 0.25) is 0 Å². The molecule has 0 saturated carbocycles. The van der Waals surface area contributed by atoms with Crippen LogP contribution < -0.4 is 0 Å². The van der Waals surface area contributed by atoms with Crippen LogP contribution >= 0.6 is 0 Å². The van der Waals surface area contributed by atoms with Crippen molar-refractivity contribution >= 4 is 12.0 Å². The fourth-order valence-electron chi connectivity index (χ4n) is 2.73. The lowest BCUT2D eigenvalue weighted by atomic mass is 10.0. The summed E-state index contributed by atoms with van der Waals surface area (Å²) in [6.45, 7) is 8.00. The molecule has 6 heteroatoms. The molecule has 1 fully saturated rings. The van der Waals surface area contributed by atoms with Gasteiger partial charge in [0.25, 0.3) is 0 Å². The van der Waals surface area contributed by atoms with E-state index in [1.807, 2.05) is 27.8 Å². The number of carbonyl (C=O) groups is 2. The molecule has 1 atom stereocenters. The van der Waals surface area contributed by atoms with E-state index in [-0.39, 0.29) is 30.6 Å². The van der Waals surface area contributed by atoms with Gasteiger partial charge in [0.1, 0.15) is 0 Å². The molecule has 0 spiro atoms. The molecular formula is C15H29N3O3. The summed E-state index contributed by atoms with van der Waals surface area (Å²) in [5, 5.41) is 8.87. The van der Waals surface area contributed by atoms with Crippen molar-refractivity contribution in [2.75, 3.05) is 33.7 Å². The normalized spacial score (nSPS) is 20.1. The van der Waals surface area contributed by atoms with E-state index in [0.29, 0.717) is 0 Å². The molecule has 0 radical (unpaired) electrons. The van der Waals surface area contributed by atoms with Gasteiger partial charge in [-0.15, -0.1) is 0 Å². The number of aliphatic carboxylic acids is 1. The number of likely N-dealkylation sites (N-methyl/N-ethyl adjacent to an activating group) is 2. The highest BCUT2D eigenvalue weighted by Gasteiger charge is 2.32. The molecule has 0 aromatic heterocycles. The van der Waals surface area contributed by atoms with Gasteiger partial charge in [-0.3, -0.25) is 4.79 Å². The van der Waals surface area contributed by atoms with Gasteiger partial charge >= 0.3 is 12.0 Å². The van der Waals surface area contributed by atoms with Crippen LogP contribution in [0.4, 0.5) is 4.79 Å². The maximum absolute atomic E-state index is 12.7. The van der Waals surface area contributed by atoms with Crippen molar-refractivity contribution in [1.29, 1.82) is 0 Å². The molecule has 21 heavy (non-hydrogen) atoms. The van der Waals surface area contributed by atoms with E-state index in [2.05, 4.69) is 11.9 Å². The van der Waals surface area contributed by atoms with Crippen molar-refractivity contribution in [1.82, 2.24) is 14.7 Å². The fraction of sp³-hybridized carbons (Fsp3) is 0.867. The maximum Gasteiger partial charge on any atom is 0.320 e. The third kappa shape index (κ3) is 5.19. The quantitative estimate of drug-likeness (QED) is 0.858. The topological polar surface area (TPSA) is 64.1 Å². The van der Waals surface area contributed by atoms with Crippen LogP contribution in [0.3, 0.4) is 0 Å². The van der Waals surface area contributed by atoms with E-state index in [1.54, 1.807) is 9.80 Å². The van der Waals surface area contributed by atoms with Crippen molar-refractivity contribution in [3.05, 3.63) is 0 Å². The number of hydrogen-bond donors (Lipinski definition) is 1. The van der Waals surface area contributed by atoms with Crippen molar-refractivity contribution < 1.29 is 14.7 Å². The maximum atomic E-state index is 12.7. The Morgan fingerprint density at radius 3 is 2.43 bits per heavy atom. The molecule has 0 aliphatic carbocycles. The van der Waals surface area contributed by atoms with Crippen LogP contribution in [0.5, 0.6) is 0 Å². The van der Waals surface area contributed by atoms with E-state index in [9.17, 15) is 9.59 Å². The molecule has 6 nitrogen and oxygen atoms in total. The number of hydrogen-bond acceptors (Lipinski definition) is 3. The predicted molar refractivity (Wildman–Crippen MR) is 82.4 cm³/mol. The van der Waals surface area contributed by atoms with Crippen molar-refractivity contribution in [3.8, 4) is 0 Å². The smallest absolute Gasteiger partial charge is 0.320 e. The summed E-state index contributed by atoms with van der Waals surface area (Å²) >= 11 is 0. The van der Waals surface area contributed by atoms with E-state index in [4.69, 9.17) is 5.11 Å². The number of piperidine rings is 1. The number of likely N-dealkylation sites (tertiary alicyclic amines) is 1. The van der Waals surface area contributed by atoms with Gasteiger partial charge in [0.15, 0.2) is 0 Å². The van der Waals surface area contributed by atoms with Gasteiger partial charge in [0.05, 0.1) is 6.42 Å². The largest absolute Gasteiger partial charge is 0.481 e. The second-order valence-electron chi connectivity index (χ2n) is 6.92. The number of carboxylic acid groups (broad SMARTS) is 1. The van der Waals surface area contributed by atoms with Crippen molar-refractivity contribution in [3.63, 3.8) is 0 Å². The summed E-state index contributed by atoms with van der Waals surface area (Å²) in [7, 11) is 3.89. The Morgan fingerprint density at radius 1 is 1.33 bits per heavy atom. The lowest BCUT2D eigenvalue weighted by Gasteiger charge is -2.42. The van der Waals surface area contributed by atoms with E-state index < -0.39 is 5.97 Å². The third-order valence-corrected chi connectivity index (χ3v) is 4.04. The van der Waals surface area contributed by atoms with Crippen LogP contribution in [0.25, 0.3) is 0 Å². The molecule has 0 aromatic rings. The first-order chi connectivity index (χ1) is 9.62. The van der Waals surface area contributed by atoms with Gasteiger partial charge in [0.2, 0.25) is 0 Å². The second kappa shape index (κ2) is 7.11. The molecule has 1 saturated heterocycles. The Morgan fingerprint density at radius 2 is 1.95 bits per heavy atom. The minimum Gasteiger partial charge on any atom is -0.481 e. The predicted octanol–water partition coefficient (Wildman–Crippen LogP) is 1.71. The standard InChI is InChI=1S/C15H29N3O3/c1-15(2,3)18(10-8-13(19)20)14(21)17(5)12-7-6-9-16(4)11-12/h12H,6-11H2,1-5H3,(H,19,20). The summed E-state index contributed by atoms with van der Waals surface area (Å²) < 4.78 is 0. The van der Waals surface area contributed by atoms with Crippen molar-refractivity contribution in [2.45, 2.75) is 51.6 Å². The third-order valence-electron chi connectivity index (χ3n) is 4.04. The highest BCUT2D eigenvalue weighted by atomic mass is 16.4. The molecule has 1 rings (SSSR count). The first-order valence-electron chi connectivity index (χ1n) is 7.57. The fourth-order valence-corrected chi connectivity index (χ4v) is 2.73. The highest BCUT2D eigenvalue weighted by molar-refractivity contribution is 5.76. The second-order valence-corrected chi connectivity index (χ2v) is 6.92. The number of amides is 2. The molecule has 122 valence electrons. The first kappa shape index (κ1) is 17.8. The Hall–Kier alpha value is -1.30. The molecule has 0 bridgehead atoms. The minimum absolute atomic E-state index is 0.0264. The van der Waals surface area contributed by atoms with Crippen LogP contribution in [-0.4, -0.2) is 77.1 Å². The molecule has 1 aliphatic heterocycles. The summed E-state index contributed by atoms with van der Waals surface area (Å²) in [5.74, 6) is -0.878. The minimum atomic E-state index is -0.878. The summed E-state index contributed by atoms with van der Waals surface area (Å²) in [4.78, 5) is 29.2. The number of nitrogens with zero attached hydrogens (tertiary/aromatic N) is 3. The monoisotopic (exact) mass is 299 g/mol. The van der Waals surface area contributed by atoms with Crippen LogP contribution in [0.1, 0.15) is 40.0 Å². The summed E-state index contributed by atoms with van der Waals surface area (Å²) in [6, 6.07) is 0.120. The van der Waals surface area contributed by atoms with Gasteiger partial charge < -0.3 is 19.8 Å². The van der Waals surface area contributed by atoms with Gasteiger partial charge in [-0.25, -0.2) is 4.79 Å². The van der Waals surface area contributed by atoms with Crippen LogP contribution in [0.15, 0.2) is 0 Å². The Balaban J connectivity index is 2.76. The average Bonchev–Trinajstić information content (AvgIpc) is 2.35. The first-order valence-corrected chi connectivity index (χ1v) is 7.57. The molecule has 1 N–H and O–H groups in total. The van der Waals surface area contributed by atoms with E-state index in [1.165, 1.54) is 0 Å². The number of carboxylic acids is 1. The lowest BCUT2D eigenvalue weighted by Crippen LogP contribution is -2.56. The molecule has 0 aromatic carbocycles. The number of carbonyl (C=O) groups excluding carboxylic acids is 1. The van der Waals surface area contributed by atoms with Crippen LogP contribution in [0, 0.1) is 0 Å². The number of rotatable bonds is 4. The van der Waals surface area contributed by atoms with E-state index in [0.717, 1.165) is 25.9 Å². The molecule has 1 aliphatic rings. The SMILES string of the molecule is CN1CCCC(N(C)C(=O)N(CCC(=O)O)C(C)(C)C)C1. The van der Waals surface area contributed by atoms with Crippen LogP contribution in [-0.2, 0) is 4.79 Å². The molecular weight excluding hydrogens is 270 g/mol. The van der Waals surface area contributed by atoms with Gasteiger partial charge in [0, 0.05) is 31.7 Å². The molecule has 1 heterocycles. The van der Waals surface area contributed by atoms with Gasteiger partial charge in [-0.1, -0.05) is 0 Å². The highest BCUT2D eigenvalue weighted by Crippen LogP contribution is 2.20. The average molecular weight is 299 g/mol. The lowest BCUT2D eigenvalue weighted by molar-refractivity contribution is -0.137. The Labute approximate surface area is 127 Å². The van der Waals surface area contributed by atoms with Gasteiger partial charge in [-0.05, 0) is 47.2 Å². The zero-order valence-corrected chi connectivity index (χ0v) is 13.9. The Bertz CT molecular complexity index is 379. The number of urea groups is 1. The Kier molecular flexibility index (Phi) is 6.01. The zero-order valence-electron chi connectivity index (χ0n) is 13.9. The summed E-state index contributed by atoms with van der Waals surface area (Å²) in [6.07, 6.45) is 2.06. The molecule has 2 amide bonds. The van der Waals surface area contributed by atoms with E-state index >= 15 is 0 Å².